The lowest BCUT2D eigenvalue weighted by Crippen LogP contribution is -2.56. The molecule has 10 nitrogen and oxygen atoms in total. The Morgan fingerprint density at radius 3 is 1.92 bits per heavy atom. The first-order chi connectivity index (χ1) is 18.0. The van der Waals surface area contributed by atoms with Crippen LogP contribution in [-0.4, -0.2) is 72.5 Å². The molecule has 1 saturated heterocycles. The van der Waals surface area contributed by atoms with Gasteiger partial charge in [-0.2, -0.15) is 0 Å². The van der Waals surface area contributed by atoms with Crippen LogP contribution in [0.15, 0.2) is 53.0 Å². The van der Waals surface area contributed by atoms with Crippen LogP contribution in [-0.2, 0) is 19.1 Å². The Morgan fingerprint density at radius 2 is 1.39 bits per heavy atom. The van der Waals surface area contributed by atoms with E-state index in [0.717, 1.165) is 29.6 Å². The minimum atomic E-state index is -1.62. The molecular formula is C27H24BrN3O7. The molecule has 0 aliphatic carbocycles. The maximum Gasteiger partial charge on any atom is 0.355 e. The van der Waals surface area contributed by atoms with Gasteiger partial charge in [0, 0.05) is 24.1 Å². The van der Waals surface area contributed by atoms with E-state index < -0.39 is 35.7 Å². The van der Waals surface area contributed by atoms with E-state index in [1.54, 1.807) is 36.4 Å². The number of urea groups is 1. The van der Waals surface area contributed by atoms with Crippen LogP contribution in [0.3, 0.4) is 0 Å². The molecule has 0 radical (unpaired) electrons. The van der Waals surface area contributed by atoms with Gasteiger partial charge in [0.2, 0.25) is 11.8 Å². The highest BCUT2D eigenvalue weighted by Crippen LogP contribution is 2.43. The van der Waals surface area contributed by atoms with Crippen LogP contribution in [0.2, 0.25) is 0 Å². The fourth-order valence-electron chi connectivity index (χ4n) is 4.49. The van der Waals surface area contributed by atoms with E-state index >= 15 is 0 Å². The summed E-state index contributed by atoms with van der Waals surface area (Å²) in [7, 11) is 4.77. The summed E-state index contributed by atoms with van der Waals surface area (Å²) in [4.78, 5) is 67.9. The van der Waals surface area contributed by atoms with Crippen LogP contribution in [0.5, 0.6) is 0 Å². The molecule has 38 heavy (non-hydrogen) atoms. The van der Waals surface area contributed by atoms with Crippen molar-refractivity contribution >= 4 is 45.7 Å². The molecule has 1 aromatic heterocycles. The Hall–Kier alpha value is -4.25. The minimum Gasteiger partial charge on any atom is -0.465 e. The second-order valence-electron chi connectivity index (χ2n) is 8.63. The fourth-order valence-corrected chi connectivity index (χ4v) is 4.96. The summed E-state index contributed by atoms with van der Waals surface area (Å²) in [6.07, 6.45) is 0. The highest BCUT2D eigenvalue weighted by atomic mass is 79.9. The number of ether oxygens (including phenoxy) is 2. The summed E-state index contributed by atoms with van der Waals surface area (Å²) in [5, 5.41) is 0. The molecule has 0 saturated carbocycles. The van der Waals surface area contributed by atoms with Crippen molar-refractivity contribution in [3.05, 3.63) is 75.4 Å². The maximum atomic E-state index is 13.5. The van der Waals surface area contributed by atoms with Crippen LogP contribution >= 0.6 is 15.9 Å². The van der Waals surface area contributed by atoms with Crippen molar-refractivity contribution in [1.82, 2.24) is 14.4 Å². The topological polar surface area (TPSA) is 115 Å². The van der Waals surface area contributed by atoms with Crippen molar-refractivity contribution in [2.75, 3.05) is 28.3 Å². The lowest BCUT2D eigenvalue weighted by Gasteiger charge is -2.33. The summed E-state index contributed by atoms with van der Waals surface area (Å²) in [6, 6.07) is 13.3. The van der Waals surface area contributed by atoms with Crippen molar-refractivity contribution in [2.45, 2.75) is 12.8 Å². The molecule has 0 bridgehead atoms. The highest BCUT2D eigenvalue weighted by molar-refractivity contribution is 9.10. The van der Waals surface area contributed by atoms with Gasteiger partial charge in [-0.3, -0.25) is 19.4 Å². The summed E-state index contributed by atoms with van der Waals surface area (Å²) < 4.78 is 12.1. The van der Waals surface area contributed by atoms with Crippen molar-refractivity contribution in [3.8, 4) is 16.9 Å². The molecule has 0 unspecified atom stereocenters. The fraction of sp³-hybridized carbons (Fsp3) is 0.222. The van der Waals surface area contributed by atoms with Crippen molar-refractivity contribution in [3.63, 3.8) is 0 Å². The monoisotopic (exact) mass is 581 g/mol. The highest BCUT2D eigenvalue weighted by Gasteiger charge is 2.49. The molecular weight excluding hydrogens is 558 g/mol. The Balaban J connectivity index is 2.27. The SMILES string of the molecule is COC(=O)c1c(C2C(=O)N(C)C(=O)N(C)C2=O)c(-c2ccc(C)cc2)n(-c2ccccc2Br)c1C(=O)OC. The standard InChI is InChI=1S/C27H24BrN3O7/c1-14-10-12-15(13-11-14)21-18(20-23(32)29(2)27(36)30(3)24(20)33)19(25(34)37-4)22(26(35)38-5)31(21)17-9-7-6-8-16(17)28/h6-13,20H,1-5H3. The minimum absolute atomic E-state index is 0.0712. The number of nitrogens with zero attached hydrogens (tertiary/aromatic N) is 3. The zero-order valence-electron chi connectivity index (χ0n) is 21.3. The number of aromatic nitrogens is 1. The number of hydrogen-bond acceptors (Lipinski definition) is 7. The Kier molecular flexibility index (Phi) is 7.23. The molecule has 196 valence electrons. The number of para-hydroxylation sites is 1. The van der Waals surface area contributed by atoms with Crippen LogP contribution < -0.4 is 0 Å². The molecule has 3 aromatic rings. The van der Waals surface area contributed by atoms with E-state index in [0.29, 0.717) is 15.7 Å². The van der Waals surface area contributed by atoms with Gasteiger partial charge in [0.15, 0.2) is 0 Å². The first-order valence-corrected chi connectivity index (χ1v) is 12.2. The number of methoxy groups -OCH3 is 2. The molecule has 0 atom stereocenters. The lowest BCUT2D eigenvalue weighted by atomic mass is 9.88. The summed E-state index contributed by atoms with van der Waals surface area (Å²) in [5.74, 6) is -5.17. The number of aryl methyl sites for hydroxylation is 1. The third-order valence-corrected chi connectivity index (χ3v) is 7.08. The zero-order chi connectivity index (χ0) is 27.9. The largest absolute Gasteiger partial charge is 0.465 e. The van der Waals surface area contributed by atoms with Crippen LogP contribution in [0.1, 0.15) is 37.9 Å². The number of benzene rings is 2. The van der Waals surface area contributed by atoms with Gasteiger partial charge < -0.3 is 14.0 Å². The maximum absolute atomic E-state index is 13.5. The number of likely N-dealkylation sites (N-methyl/N-ethyl adjacent to an activating group) is 2. The normalized spacial score (nSPS) is 14.2. The predicted octanol–water partition coefficient (Wildman–Crippen LogP) is 3.92. The third kappa shape index (κ3) is 4.18. The quantitative estimate of drug-likeness (QED) is 0.331. The van der Waals surface area contributed by atoms with E-state index in [-0.39, 0.29) is 22.5 Å². The van der Waals surface area contributed by atoms with E-state index in [1.807, 2.05) is 19.1 Å². The summed E-state index contributed by atoms with van der Waals surface area (Å²) in [5.41, 5.74) is 1.48. The molecule has 11 heteroatoms. The number of rotatable bonds is 5. The number of carbonyl (C=O) groups excluding carboxylic acids is 5. The molecule has 1 aliphatic rings. The number of hydrogen-bond donors (Lipinski definition) is 0. The van der Waals surface area contributed by atoms with E-state index in [1.165, 1.54) is 18.7 Å². The number of barbiturate groups is 1. The van der Waals surface area contributed by atoms with Crippen molar-refractivity contribution in [2.24, 2.45) is 0 Å². The van der Waals surface area contributed by atoms with Crippen LogP contribution in [0.4, 0.5) is 4.79 Å². The lowest BCUT2D eigenvalue weighted by molar-refractivity contribution is -0.143. The number of halogens is 1. The van der Waals surface area contributed by atoms with E-state index in [9.17, 15) is 24.0 Å². The van der Waals surface area contributed by atoms with Gasteiger partial charge in [0.05, 0.1) is 31.2 Å². The second kappa shape index (κ2) is 10.3. The number of carbonyl (C=O) groups is 5. The molecule has 2 heterocycles. The number of amides is 4. The molecule has 2 aromatic carbocycles. The van der Waals surface area contributed by atoms with E-state index in [2.05, 4.69) is 15.9 Å². The molecule has 1 aliphatic heterocycles. The molecule has 4 amide bonds. The van der Waals surface area contributed by atoms with Crippen LogP contribution in [0.25, 0.3) is 16.9 Å². The van der Waals surface area contributed by atoms with Crippen molar-refractivity contribution in [1.29, 1.82) is 0 Å². The van der Waals surface area contributed by atoms with Gasteiger partial charge in [-0.1, -0.05) is 42.0 Å². The van der Waals surface area contributed by atoms with Gasteiger partial charge in [-0.25, -0.2) is 14.4 Å². The summed E-state index contributed by atoms with van der Waals surface area (Å²) in [6.45, 7) is 1.89. The number of imide groups is 2. The smallest absolute Gasteiger partial charge is 0.355 e. The first kappa shape index (κ1) is 26.8. The number of esters is 2. The second-order valence-corrected chi connectivity index (χ2v) is 9.49. The molecule has 4 rings (SSSR count). The Bertz CT molecular complexity index is 1470. The van der Waals surface area contributed by atoms with Crippen LogP contribution in [0, 0.1) is 6.92 Å². The Labute approximate surface area is 226 Å². The Morgan fingerprint density at radius 1 is 0.842 bits per heavy atom. The zero-order valence-corrected chi connectivity index (χ0v) is 22.9. The summed E-state index contributed by atoms with van der Waals surface area (Å²) >= 11 is 3.51. The van der Waals surface area contributed by atoms with E-state index in [4.69, 9.17) is 9.47 Å². The first-order valence-electron chi connectivity index (χ1n) is 11.4. The van der Waals surface area contributed by atoms with Gasteiger partial charge in [-0.05, 0) is 40.5 Å². The molecule has 1 fully saturated rings. The van der Waals surface area contributed by atoms with Crippen molar-refractivity contribution < 1.29 is 33.4 Å². The average molecular weight is 582 g/mol. The van der Waals surface area contributed by atoms with Gasteiger partial charge in [-0.15, -0.1) is 0 Å². The van der Waals surface area contributed by atoms with Gasteiger partial charge in [0.1, 0.15) is 11.6 Å². The van der Waals surface area contributed by atoms with Gasteiger partial charge in [0.25, 0.3) is 0 Å². The predicted molar refractivity (Wildman–Crippen MR) is 140 cm³/mol. The third-order valence-electron chi connectivity index (χ3n) is 6.41. The average Bonchev–Trinajstić information content (AvgIpc) is 3.26. The molecule has 0 spiro atoms. The molecule has 0 N–H and O–H groups in total. The van der Waals surface area contributed by atoms with Gasteiger partial charge >= 0.3 is 18.0 Å².